The molecule has 3 N–H and O–H groups in total. The average Bonchev–Trinajstić information content (AvgIpc) is 2.47. The fourth-order valence-electron chi connectivity index (χ4n) is 2.31. The molecule has 0 atom stereocenters. The van der Waals surface area contributed by atoms with Gasteiger partial charge in [0.2, 0.25) is 0 Å². The number of nitrogens with zero attached hydrogens (tertiary/aromatic N) is 1. The molecule has 0 aromatic heterocycles. The van der Waals surface area contributed by atoms with E-state index in [9.17, 15) is 4.79 Å². The van der Waals surface area contributed by atoms with E-state index >= 15 is 0 Å². The van der Waals surface area contributed by atoms with Crippen LogP contribution in [-0.4, -0.2) is 30.6 Å². The van der Waals surface area contributed by atoms with Crippen LogP contribution in [0.15, 0.2) is 18.2 Å². The number of carbonyl (C=O) groups excluding carboxylic acids is 1. The summed E-state index contributed by atoms with van der Waals surface area (Å²) in [5, 5.41) is 1.99. The van der Waals surface area contributed by atoms with Crippen LogP contribution in [-0.2, 0) is 0 Å². The van der Waals surface area contributed by atoms with Crippen molar-refractivity contribution in [2.45, 2.75) is 26.2 Å². The van der Waals surface area contributed by atoms with E-state index in [1.54, 1.807) is 0 Å². The van der Waals surface area contributed by atoms with Crippen molar-refractivity contribution in [3.05, 3.63) is 34.9 Å². The number of amides is 1. The van der Waals surface area contributed by atoms with E-state index in [0.29, 0.717) is 12.1 Å². The van der Waals surface area contributed by atoms with E-state index in [1.807, 2.05) is 30.1 Å². The average molecular weight is 271 g/mol. The smallest absolute Gasteiger partial charge is 0.266 e. The Morgan fingerprint density at radius 3 is 2.80 bits per heavy atom. The van der Waals surface area contributed by atoms with Gasteiger partial charge in [0.05, 0.1) is 12.1 Å². The zero-order valence-corrected chi connectivity index (χ0v) is 11.9. The zero-order chi connectivity index (χ0) is 14.4. The molecule has 1 fully saturated rings. The molecule has 1 saturated heterocycles. The molecule has 0 unspecified atom stereocenters. The van der Waals surface area contributed by atoms with Crippen LogP contribution in [0.5, 0.6) is 0 Å². The minimum absolute atomic E-state index is 0.0862. The highest BCUT2D eigenvalue weighted by Crippen LogP contribution is 2.12. The molecule has 0 bridgehead atoms. The monoisotopic (exact) mass is 271 g/mol. The molecule has 1 heterocycles. The van der Waals surface area contributed by atoms with Crippen LogP contribution in [0.2, 0.25) is 0 Å². The second-order valence-electron chi connectivity index (χ2n) is 5.04. The lowest BCUT2D eigenvalue weighted by Crippen LogP contribution is -2.45. The van der Waals surface area contributed by atoms with Crippen LogP contribution in [0.3, 0.4) is 0 Å². The molecule has 0 spiro atoms. The molecule has 0 saturated carbocycles. The maximum Gasteiger partial charge on any atom is 0.266 e. The lowest BCUT2D eigenvalue weighted by Gasteiger charge is -2.27. The molecule has 1 amide bonds. The predicted octanol–water partition coefficient (Wildman–Crippen LogP) is 1.44. The Kier molecular flexibility index (Phi) is 5.16. The van der Waals surface area contributed by atoms with Gasteiger partial charge in [-0.25, -0.2) is 5.01 Å². The Morgan fingerprint density at radius 1 is 1.35 bits per heavy atom. The highest BCUT2D eigenvalue weighted by atomic mass is 16.2. The fourth-order valence-corrected chi connectivity index (χ4v) is 2.31. The summed E-state index contributed by atoms with van der Waals surface area (Å²) in [6.07, 6.45) is 3.51. The van der Waals surface area contributed by atoms with Gasteiger partial charge in [0, 0.05) is 18.7 Å². The Bertz CT molecular complexity index is 536. The molecule has 2 rings (SSSR count). The highest BCUT2D eigenvalue weighted by molar-refractivity contribution is 5.96. The van der Waals surface area contributed by atoms with Crippen LogP contribution >= 0.6 is 0 Å². The first-order chi connectivity index (χ1) is 9.70. The normalized spacial score (nSPS) is 15.3. The van der Waals surface area contributed by atoms with Gasteiger partial charge in [-0.05, 0) is 31.9 Å². The van der Waals surface area contributed by atoms with Gasteiger partial charge < -0.3 is 5.73 Å². The molecule has 4 nitrogen and oxygen atoms in total. The summed E-state index contributed by atoms with van der Waals surface area (Å²) in [6.45, 7) is 4.10. The minimum Gasteiger partial charge on any atom is -0.320 e. The lowest BCUT2D eigenvalue weighted by atomic mass is 10.0. The molecular formula is C16H21N3O. The summed E-state index contributed by atoms with van der Waals surface area (Å²) in [7, 11) is 0. The number of rotatable bonds is 2. The van der Waals surface area contributed by atoms with E-state index in [0.717, 1.165) is 37.1 Å². The molecule has 106 valence electrons. The molecule has 0 radical (unpaired) electrons. The predicted molar refractivity (Wildman–Crippen MR) is 80.0 cm³/mol. The third-order valence-corrected chi connectivity index (χ3v) is 3.36. The van der Waals surface area contributed by atoms with Gasteiger partial charge in [-0.15, -0.1) is 0 Å². The van der Waals surface area contributed by atoms with Crippen molar-refractivity contribution < 1.29 is 4.79 Å². The van der Waals surface area contributed by atoms with Gasteiger partial charge in [0.15, 0.2) is 0 Å². The topological polar surface area (TPSA) is 58.4 Å². The Labute approximate surface area is 120 Å². The summed E-state index contributed by atoms with van der Waals surface area (Å²) in [4.78, 5) is 12.4. The number of hydrogen-bond acceptors (Lipinski definition) is 3. The van der Waals surface area contributed by atoms with E-state index in [1.165, 1.54) is 6.42 Å². The SMILES string of the molecule is Cc1ccc(C#CCN)c(C(=O)NN2CCCCC2)c1. The number of piperidine rings is 1. The fraction of sp³-hybridized carbons (Fsp3) is 0.438. The van der Waals surface area contributed by atoms with Crippen LogP contribution in [0.1, 0.15) is 40.7 Å². The number of hydrogen-bond donors (Lipinski definition) is 2. The van der Waals surface area contributed by atoms with E-state index in [4.69, 9.17) is 5.73 Å². The zero-order valence-electron chi connectivity index (χ0n) is 11.9. The number of aryl methyl sites for hydroxylation is 1. The number of hydrazine groups is 1. The molecule has 4 heteroatoms. The van der Waals surface area contributed by atoms with Gasteiger partial charge in [-0.2, -0.15) is 0 Å². The van der Waals surface area contributed by atoms with Crippen LogP contribution < -0.4 is 11.2 Å². The van der Waals surface area contributed by atoms with Gasteiger partial charge >= 0.3 is 0 Å². The number of nitrogens with two attached hydrogens (primary N) is 1. The molecular weight excluding hydrogens is 250 g/mol. The largest absolute Gasteiger partial charge is 0.320 e. The lowest BCUT2D eigenvalue weighted by molar-refractivity contribution is 0.0749. The van der Waals surface area contributed by atoms with Gasteiger partial charge in [0.1, 0.15) is 0 Å². The van der Waals surface area contributed by atoms with Gasteiger partial charge in [-0.1, -0.05) is 29.9 Å². The summed E-state index contributed by atoms with van der Waals surface area (Å²) in [5.74, 6) is 5.68. The maximum absolute atomic E-state index is 12.4. The second kappa shape index (κ2) is 7.09. The highest BCUT2D eigenvalue weighted by Gasteiger charge is 2.16. The molecule has 20 heavy (non-hydrogen) atoms. The third-order valence-electron chi connectivity index (χ3n) is 3.36. The van der Waals surface area contributed by atoms with Gasteiger partial charge in [0.25, 0.3) is 5.91 Å². The molecule has 1 aromatic rings. The van der Waals surface area contributed by atoms with Crippen molar-refractivity contribution in [1.82, 2.24) is 10.4 Å². The Hall–Kier alpha value is -1.83. The summed E-state index contributed by atoms with van der Waals surface area (Å²) in [5.41, 5.74) is 10.8. The summed E-state index contributed by atoms with van der Waals surface area (Å²) < 4.78 is 0. The first-order valence-electron chi connectivity index (χ1n) is 7.06. The first-order valence-corrected chi connectivity index (χ1v) is 7.06. The van der Waals surface area contributed by atoms with E-state index < -0.39 is 0 Å². The maximum atomic E-state index is 12.4. The molecule has 1 aliphatic rings. The second-order valence-corrected chi connectivity index (χ2v) is 5.04. The minimum atomic E-state index is -0.0862. The summed E-state index contributed by atoms with van der Waals surface area (Å²) in [6, 6.07) is 5.71. The van der Waals surface area contributed by atoms with E-state index in [2.05, 4.69) is 17.3 Å². The van der Waals surface area contributed by atoms with Gasteiger partial charge in [-0.3, -0.25) is 10.2 Å². The first kappa shape index (κ1) is 14.6. The third kappa shape index (κ3) is 3.83. The Balaban J connectivity index is 2.16. The van der Waals surface area contributed by atoms with Crippen LogP contribution in [0.4, 0.5) is 0 Å². The standard InChI is InChI=1S/C16H21N3O/c1-13-7-8-14(6-5-9-17)15(12-13)16(20)18-19-10-3-2-4-11-19/h7-8,12H,2-4,9-11,17H2,1H3,(H,18,20). The molecule has 1 aromatic carbocycles. The molecule has 1 aliphatic heterocycles. The quantitative estimate of drug-likeness (QED) is 0.800. The molecule has 0 aliphatic carbocycles. The van der Waals surface area contributed by atoms with Crippen molar-refractivity contribution in [2.75, 3.05) is 19.6 Å². The number of carbonyl (C=O) groups is 1. The van der Waals surface area contributed by atoms with E-state index in [-0.39, 0.29) is 5.91 Å². The van der Waals surface area contributed by atoms with Crippen LogP contribution in [0, 0.1) is 18.8 Å². The van der Waals surface area contributed by atoms with Crippen molar-refractivity contribution in [1.29, 1.82) is 0 Å². The van der Waals surface area contributed by atoms with Crippen molar-refractivity contribution in [3.63, 3.8) is 0 Å². The van der Waals surface area contributed by atoms with Crippen molar-refractivity contribution in [2.24, 2.45) is 5.73 Å². The van der Waals surface area contributed by atoms with Crippen molar-refractivity contribution >= 4 is 5.91 Å². The number of nitrogens with one attached hydrogen (secondary N) is 1. The number of benzene rings is 1. The Morgan fingerprint density at radius 2 is 2.10 bits per heavy atom. The summed E-state index contributed by atoms with van der Waals surface area (Å²) >= 11 is 0. The van der Waals surface area contributed by atoms with Crippen LogP contribution in [0.25, 0.3) is 0 Å². The van der Waals surface area contributed by atoms with Crippen molar-refractivity contribution in [3.8, 4) is 11.8 Å².